The molecular formula is C11H15F2N5. The van der Waals surface area contributed by atoms with Gasteiger partial charge < -0.3 is 9.88 Å². The van der Waals surface area contributed by atoms with E-state index in [1.807, 2.05) is 13.1 Å². The molecule has 7 heteroatoms. The molecule has 1 N–H and O–H groups in total. The molecule has 98 valence electrons. The first kappa shape index (κ1) is 12.7. The fourth-order valence-electron chi connectivity index (χ4n) is 1.64. The molecule has 2 heterocycles. The topological polar surface area (TPSA) is 47.7 Å². The van der Waals surface area contributed by atoms with E-state index in [4.69, 9.17) is 0 Å². The average molecular weight is 255 g/mol. The molecule has 0 aliphatic carbocycles. The summed E-state index contributed by atoms with van der Waals surface area (Å²) in [6.45, 7) is 1.27. The number of halogens is 2. The fraction of sp³-hybridized carbons (Fsp3) is 0.455. The zero-order valence-electron chi connectivity index (χ0n) is 10.1. The minimum absolute atomic E-state index is 0.288. The van der Waals surface area contributed by atoms with Gasteiger partial charge in [-0.25, -0.2) is 9.97 Å². The maximum Gasteiger partial charge on any atom is 0.319 e. The molecule has 0 radical (unpaired) electrons. The van der Waals surface area contributed by atoms with E-state index in [1.54, 1.807) is 10.9 Å². The van der Waals surface area contributed by atoms with Crippen molar-refractivity contribution in [1.82, 2.24) is 24.4 Å². The molecular weight excluding hydrogens is 240 g/mol. The van der Waals surface area contributed by atoms with Crippen LogP contribution in [-0.4, -0.2) is 25.6 Å². The van der Waals surface area contributed by atoms with Gasteiger partial charge in [-0.2, -0.15) is 8.78 Å². The van der Waals surface area contributed by atoms with Crippen LogP contribution < -0.4 is 5.32 Å². The zero-order valence-corrected chi connectivity index (χ0v) is 10.1. The van der Waals surface area contributed by atoms with Crippen molar-refractivity contribution in [2.75, 3.05) is 6.54 Å². The summed E-state index contributed by atoms with van der Waals surface area (Å²) >= 11 is 0. The van der Waals surface area contributed by atoms with Crippen molar-refractivity contribution in [2.45, 2.75) is 26.6 Å². The van der Waals surface area contributed by atoms with Crippen molar-refractivity contribution >= 4 is 0 Å². The van der Waals surface area contributed by atoms with Crippen LogP contribution >= 0.6 is 0 Å². The molecule has 0 bridgehead atoms. The van der Waals surface area contributed by atoms with E-state index in [0.717, 1.165) is 16.8 Å². The smallest absolute Gasteiger partial charge is 0.319 e. The van der Waals surface area contributed by atoms with Crippen LogP contribution in [0.4, 0.5) is 8.78 Å². The lowest BCUT2D eigenvalue weighted by Gasteiger charge is -2.06. The number of aromatic nitrogens is 4. The first-order valence-electron chi connectivity index (χ1n) is 5.72. The summed E-state index contributed by atoms with van der Waals surface area (Å²) in [5.41, 5.74) is 0.881. The number of hydrogen-bond acceptors (Lipinski definition) is 3. The lowest BCUT2D eigenvalue weighted by molar-refractivity contribution is 0.0667. The third-order valence-corrected chi connectivity index (χ3v) is 2.53. The van der Waals surface area contributed by atoms with Crippen molar-refractivity contribution in [3.05, 3.63) is 36.4 Å². The third-order valence-electron chi connectivity index (χ3n) is 2.53. The van der Waals surface area contributed by atoms with Gasteiger partial charge in [-0.1, -0.05) is 6.92 Å². The molecule has 2 aromatic heterocycles. The quantitative estimate of drug-likeness (QED) is 0.853. The average Bonchev–Trinajstić information content (AvgIpc) is 2.96. The molecule has 5 nitrogen and oxygen atoms in total. The number of imidazole rings is 2. The lowest BCUT2D eigenvalue weighted by atomic mass is 10.4. The maximum atomic E-state index is 12.6. The van der Waals surface area contributed by atoms with E-state index in [9.17, 15) is 8.78 Å². The van der Waals surface area contributed by atoms with Gasteiger partial charge in [0.25, 0.3) is 0 Å². The Labute approximate surface area is 103 Å². The molecule has 0 aliphatic rings. The molecule has 2 aromatic rings. The highest BCUT2D eigenvalue weighted by Crippen LogP contribution is 2.13. The molecule has 0 atom stereocenters. The first-order valence-corrected chi connectivity index (χ1v) is 5.72. The van der Waals surface area contributed by atoms with Gasteiger partial charge >= 0.3 is 6.55 Å². The van der Waals surface area contributed by atoms with E-state index in [-0.39, 0.29) is 6.54 Å². The summed E-state index contributed by atoms with van der Waals surface area (Å²) in [7, 11) is 0. The Morgan fingerprint density at radius 2 is 2.22 bits per heavy atom. The molecule has 18 heavy (non-hydrogen) atoms. The molecule has 0 aliphatic heterocycles. The Bertz CT molecular complexity index is 491. The lowest BCUT2D eigenvalue weighted by Crippen LogP contribution is -2.12. The number of hydrogen-bond donors (Lipinski definition) is 1. The second-order valence-electron chi connectivity index (χ2n) is 3.85. The number of nitrogens with one attached hydrogen (secondary N) is 1. The predicted molar refractivity (Wildman–Crippen MR) is 62.2 cm³/mol. The molecule has 2 rings (SSSR count). The zero-order chi connectivity index (χ0) is 13.0. The van der Waals surface area contributed by atoms with Crippen LogP contribution in [0.1, 0.15) is 25.0 Å². The molecule has 0 spiro atoms. The van der Waals surface area contributed by atoms with Crippen LogP contribution in [-0.2, 0) is 13.1 Å². The molecule has 0 amide bonds. The Kier molecular flexibility index (Phi) is 4.03. The highest BCUT2D eigenvalue weighted by Gasteiger charge is 2.11. The van der Waals surface area contributed by atoms with Gasteiger partial charge in [-0.3, -0.25) is 4.57 Å². The molecule has 0 aromatic carbocycles. The van der Waals surface area contributed by atoms with Crippen LogP contribution in [0.2, 0.25) is 0 Å². The normalized spacial score (nSPS) is 11.3. The Hall–Kier alpha value is -1.76. The van der Waals surface area contributed by atoms with E-state index in [2.05, 4.69) is 15.3 Å². The molecule has 0 fully saturated rings. The number of alkyl halides is 2. The molecule has 0 saturated heterocycles. The van der Waals surface area contributed by atoms with Gasteiger partial charge in [0.1, 0.15) is 5.82 Å². The summed E-state index contributed by atoms with van der Waals surface area (Å²) < 4.78 is 27.8. The molecule has 0 unspecified atom stereocenters. The van der Waals surface area contributed by atoms with Crippen molar-refractivity contribution in [3.63, 3.8) is 0 Å². The summed E-state index contributed by atoms with van der Waals surface area (Å²) in [6, 6.07) is 0. The second-order valence-corrected chi connectivity index (χ2v) is 3.85. The number of rotatable bonds is 6. The van der Waals surface area contributed by atoms with Crippen LogP contribution in [0.25, 0.3) is 0 Å². The minimum Gasteiger partial charge on any atom is -0.330 e. The highest BCUT2D eigenvalue weighted by molar-refractivity contribution is 5.00. The van der Waals surface area contributed by atoms with E-state index < -0.39 is 6.55 Å². The second kappa shape index (κ2) is 5.72. The van der Waals surface area contributed by atoms with Crippen molar-refractivity contribution in [2.24, 2.45) is 0 Å². The standard InChI is InChI=1S/C11H15F2N5/c1-2-14-5-9-6-17(8-16-9)7-10-15-3-4-18(10)11(12)13/h3-4,6,8,11,14H,2,5,7H2,1H3. The van der Waals surface area contributed by atoms with Gasteiger partial charge in [0.15, 0.2) is 0 Å². The predicted octanol–water partition coefficient (Wildman–Crippen LogP) is 1.63. The van der Waals surface area contributed by atoms with Crippen LogP contribution in [0.15, 0.2) is 24.9 Å². The van der Waals surface area contributed by atoms with Crippen LogP contribution in [0.5, 0.6) is 0 Å². The monoisotopic (exact) mass is 255 g/mol. The van der Waals surface area contributed by atoms with Crippen molar-refractivity contribution in [1.29, 1.82) is 0 Å². The Balaban J connectivity index is 2.04. The first-order chi connectivity index (χ1) is 8.70. The van der Waals surface area contributed by atoms with Crippen molar-refractivity contribution < 1.29 is 8.78 Å². The van der Waals surface area contributed by atoms with Crippen LogP contribution in [0, 0.1) is 0 Å². The summed E-state index contributed by atoms with van der Waals surface area (Å²) in [4.78, 5) is 8.11. The SMILES string of the molecule is CCNCc1cn(Cc2nccn2C(F)F)cn1. The van der Waals surface area contributed by atoms with Gasteiger partial charge in [-0.05, 0) is 6.54 Å². The summed E-state index contributed by atoms with van der Waals surface area (Å²) in [5, 5.41) is 3.15. The van der Waals surface area contributed by atoms with Gasteiger partial charge in [-0.15, -0.1) is 0 Å². The van der Waals surface area contributed by atoms with E-state index in [0.29, 0.717) is 12.4 Å². The summed E-state index contributed by atoms with van der Waals surface area (Å²) in [5.74, 6) is 0.317. The third kappa shape index (κ3) is 2.92. The Morgan fingerprint density at radius 1 is 1.39 bits per heavy atom. The largest absolute Gasteiger partial charge is 0.330 e. The summed E-state index contributed by atoms with van der Waals surface area (Å²) in [6.07, 6.45) is 6.10. The van der Waals surface area contributed by atoms with Gasteiger partial charge in [0, 0.05) is 25.1 Å². The van der Waals surface area contributed by atoms with Gasteiger partial charge in [0.05, 0.1) is 18.6 Å². The minimum atomic E-state index is -2.56. The Morgan fingerprint density at radius 3 is 2.94 bits per heavy atom. The maximum absolute atomic E-state index is 12.6. The van der Waals surface area contributed by atoms with E-state index in [1.165, 1.54) is 12.4 Å². The van der Waals surface area contributed by atoms with E-state index >= 15 is 0 Å². The van der Waals surface area contributed by atoms with Gasteiger partial charge in [0.2, 0.25) is 0 Å². The van der Waals surface area contributed by atoms with Crippen molar-refractivity contribution in [3.8, 4) is 0 Å². The van der Waals surface area contributed by atoms with Crippen LogP contribution in [0.3, 0.4) is 0 Å². The fourth-order valence-corrected chi connectivity index (χ4v) is 1.64. The highest BCUT2D eigenvalue weighted by atomic mass is 19.3. The number of nitrogens with zero attached hydrogens (tertiary/aromatic N) is 4. The molecule has 0 saturated carbocycles.